The van der Waals surface area contributed by atoms with E-state index in [1.165, 1.54) is 218 Å². The molecule has 0 fully saturated rings. The Kier molecular flexibility index (Phi) is 71.3. The van der Waals surface area contributed by atoms with Gasteiger partial charge in [-0.1, -0.05) is 374 Å². The summed E-state index contributed by atoms with van der Waals surface area (Å²) in [6, 6.07) is 0. The summed E-state index contributed by atoms with van der Waals surface area (Å²) in [5, 5.41) is 0. The smallest absolute Gasteiger partial charge is 0.306 e. The quantitative estimate of drug-likeness (QED) is 0.0195. The molecule has 0 aromatic heterocycles. The van der Waals surface area contributed by atoms with Gasteiger partial charge in [0.1, 0.15) is 19.8 Å². The van der Waals surface area contributed by atoms with E-state index in [-0.39, 0.29) is 32.0 Å². The molecule has 0 aromatic rings. The molecule has 0 amide bonds. The average molecular weight is 1330 g/mol. The molecule has 0 aliphatic rings. The number of ether oxygens (including phenoxy) is 2. The number of carbonyl (C=O) groups is 2. The lowest BCUT2D eigenvalue weighted by Gasteiger charge is -2.28. The molecule has 0 bridgehead atoms. The Balaban J connectivity index is 4.01. The molecule has 0 aliphatic heterocycles. The first-order valence-electron chi connectivity index (χ1n) is 39.6. The van der Waals surface area contributed by atoms with Crippen molar-refractivity contribution in [2.45, 2.75) is 367 Å². The van der Waals surface area contributed by atoms with Gasteiger partial charge in [-0.15, -0.1) is 0 Å². The highest BCUT2D eigenvalue weighted by atomic mass is 31.2. The third-order valence-corrected chi connectivity index (χ3v) is 18.3. The van der Waals surface area contributed by atoms with Gasteiger partial charge in [0.25, 0.3) is 7.82 Å². The first kappa shape index (κ1) is 90.7. The van der Waals surface area contributed by atoms with E-state index in [2.05, 4.69) is 123 Å². The van der Waals surface area contributed by atoms with Crippen molar-refractivity contribution in [2.24, 2.45) is 0 Å². The largest absolute Gasteiger partial charge is 0.756 e. The van der Waals surface area contributed by atoms with Gasteiger partial charge < -0.3 is 27.9 Å². The maximum absolute atomic E-state index is 12.9. The van der Waals surface area contributed by atoms with Gasteiger partial charge >= 0.3 is 11.9 Å². The molecular weight excluding hydrogens is 1180 g/mol. The van der Waals surface area contributed by atoms with Crippen LogP contribution in [0.15, 0.2) is 109 Å². The Morgan fingerprint density at radius 2 is 0.606 bits per heavy atom. The molecule has 10 heteroatoms. The second kappa shape index (κ2) is 73.9. The lowest BCUT2D eigenvalue weighted by Crippen LogP contribution is -2.37. The number of hydrogen-bond acceptors (Lipinski definition) is 8. The van der Waals surface area contributed by atoms with Crippen molar-refractivity contribution in [3.8, 4) is 0 Å². The van der Waals surface area contributed by atoms with Crippen molar-refractivity contribution < 1.29 is 42.1 Å². The molecule has 0 N–H and O–H groups in total. The van der Waals surface area contributed by atoms with Crippen LogP contribution in [0.25, 0.3) is 0 Å². The van der Waals surface area contributed by atoms with Crippen LogP contribution in [0.2, 0.25) is 0 Å². The van der Waals surface area contributed by atoms with Crippen LogP contribution in [0.3, 0.4) is 0 Å². The second-order valence-corrected chi connectivity index (χ2v) is 29.1. The van der Waals surface area contributed by atoms with E-state index in [9.17, 15) is 19.0 Å². The van der Waals surface area contributed by atoms with Gasteiger partial charge in [0.15, 0.2) is 6.10 Å². The van der Waals surface area contributed by atoms with Gasteiger partial charge in [0.2, 0.25) is 0 Å². The molecule has 0 heterocycles. The number of quaternary nitrogens is 1. The van der Waals surface area contributed by atoms with Crippen LogP contribution in [-0.2, 0) is 32.7 Å². The highest BCUT2D eigenvalue weighted by molar-refractivity contribution is 7.45. The van der Waals surface area contributed by atoms with Crippen molar-refractivity contribution in [1.82, 2.24) is 0 Å². The van der Waals surface area contributed by atoms with E-state index in [0.717, 1.165) is 109 Å². The van der Waals surface area contributed by atoms with E-state index in [4.69, 9.17) is 18.5 Å². The maximum atomic E-state index is 12.9. The summed E-state index contributed by atoms with van der Waals surface area (Å²) in [6.45, 7) is 4.14. The SMILES string of the molecule is CC/C=C\C/C=C\C/C=C\C/C=C\C/C=C\C/C=C\C/C=C\C/C=C\C/C=C\CCCCCCCC(=O)OC(COC(=O)CCCCCCCCCCCCCCCCCCCCCCCCCCCCCCCCCCCCCCC)COP(=O)([O-])OCC[N+](C)(C)C. The number of phosphoric ester groups is 1. The minimum absolute atomic E-state index is 0.0388. The number of hydrogen-bond donors (Lipinski definition) is 0. The number of esters is 2. The molecule has 0 aromatic carbocycles. The lowest BCUT2D eigenvalue weighted by molar-refractivity contribution is -0.870. The molecule has 544 valence electrons. The first-order valence-corrected chi connectivity index (χ1v) is 41.1. The molecule has 9 nitrogen and oxygen atoms in total. The Morgan fingerprint density at radius 1 is 0.340 bits per heavy atom. The zero-order valence-corrected chi connectivity index (χ0v) is 63.0. The van der Waals surface area contributed by atoms with Crippen LogP contribution in [0, 0.1) is 0 Å². The highest BCUT2D eigenvalue weighted by Gasteiger charge is 2.22. The summed E-state index contributed by atoms with van der Waals surface area (Å²) >= 11 is 0. The van der Waals surface area contributed by atoms with E-state index in [1.54, 1.807) is 0 Å². The van der Waals surface area contributed by atoms with Crippen molar-refractivity contribution in [3.63, 3.8) is 0 Å². The number of likely N-dealkylation sites (N-methyl/N-ethyl adjacent to an activating group) is 1. The summed E-state index contributed by atoms with van der Waals surface area (Å²) in [6.07, 6.45) is 105. The highest BCUT2D eigenvalue weighted by Crippen LogP contribution is 2.38. The number of nitrogens with zero attached hydrogens (tertiary/aromatic N) is 1. The van der Waals surface area contributed by atoms with Crippen LogP contribution in [0.5, 0.6) is 0 Å². The molecule has 0 saturated heterocycles. The topological polar surface area (TPSA) is 111 Å². The first-order chi connectivity index (χ1) is 46.0. The summed E-state index contributed by atoms with van der Waals surface area (Å²) in [7, 11) is 1.15. The van der Waals surface area contributed by atoms with Crippen molar-refractivity contribution in [3.05, 3.63) is 109 Å². The molecule has 0 rings (SSSR count). The number of carbonyl (C=O) groups excluding carboxylic acids is 2. The molecule has 0 aliphatic carbocycles. The van der Waals surface area contributed by atoms with Gasteiger partial charge in [-0.25, -0.2) is 0 Å². The number of rotatable bonds is 73. The van der Waals surface area contributed by atoms with Crippen LogP contribution in [0.4, 0.5) is 0 Å². The van der Waals surface area contributed by atoms with E-state index < -0.39 is 26.5 Å². The third kappa shape index (κ3) is 77.7. The summed E-state index contributed by atoms with van der Waals surface area (Å²) in [4.78, 5) is 38.2. The number of allylic oxidation sites excluding steroid dienone is 18. The Bertz CT molecular complexity index is 1960. The fourth-order valence-electron chi connectivity index (χ4n) is 11.3. The standard InChI is InChI=1S/C84H150NO8P/c1-6-8-10-12-14-16-18-20-22-24-26-28-30-32-34-36-38-40-41-42-43-45-46-48-50-52-54-56-58-60-62-64-66-68-70-72-74-76-83(86)90-80-82(81-92-94(88,89)91-79-78-85(3,4)5)93-84(87)77-75-73-71-69-67-65-63-61-59-57-55-53-51-49-47-44-39-37-35-33-31-29-27-25-23-21-19-17-15-13-11-9-7-2/h9,11,15,17,21,23,27,29,33,35,39,44,49,51,55,57,61,63,82H,6-8,10,12-14,16,18-20,22,24-26,28,30-32,34,36-38,40-43,45-48,50,52-54,56,58-60,62,64-81H2,1-5H3/b11-9-,17-15-,23-21-,29-27-,35-33-,44-39-,51-49-,57-55-,63-61-. The minimum atomic E-state index is -4.66. The van der Waals surface area contributed by atoms with Gasteiger partial charge in [0.05, 0.1) is 27.7 Å². The molecule has 0 radical (unpaired) electrons. The lowest BCUT2D eigenvalue weighted by atomic mass is 10.0. The summed E-state index contributed by atoms with van der Waals surface area (Å²) in [5.41, 5.74) is 0. The zero-order valence-electron chi connectivity index (χ0n) is 62.1. The third-order valence-electron chi connectivity index (χ3n) is 17.3. The Labute approximate surface area is 582 Å². The fourth-order valence-corrected chi connectivity index (χ4v) is 12.0. The maximum Gasteiger partial charge on any atom is 0.306 e. The van der Waals surface area contributed by atoms with Crippen molar-refractivity contribution in [2.75, 3.05) is 47.5 Å². The van der Waals surface area contributed by atoms with E-state index in [0.29, 0.717) is 17.4 Å². The average Bonchev–Trinajstić information content (AvgIpc) is 1.56. The molecular formula is C84H150NO8P. The summed E-state index contributed by atoms with van der Waals surface area (Å²) in [5.74, 6) is -0.848. The van der Waals surface area contributed by atoms with Crippen molar-refractivity contribution >= 4 is 19.8 Å². The summed E-state index contributed by atoms with van der Waals surface area (Å²) < 4.78 is 34.4. The van der Waals surface area contributed by atoms with Gasteiger partial charge in [-0.2, -0.15) is 0 Å². The molecule has 94 heavy (non-hydrogen) atoms. The van der Waals surface area contributed by atoms with E-state index >= 15 is 0 Å². The predicted octanol–water partition coefficient (Wildman–Crippen LogP) is 25.8. The van der Waals surface area contributed by atoms with Gasteiger partial charge in [0, 0.05) is 12.8 Å². The van der Waals surface area contributed by atoms with E-state index in [1.807, 2.05) is 21.1 Å². The van der Waals surface area contributed by atoms with Crippen LogP contribution in [-0.4, -0.2) is 70.0 Å². The van der Waals surface area contributed by atoms with Gasteiger partial charge in [-0.05, 0) is 83.5 Å². The minimum Gasteiger partial charge on any atom is -0.756 e. The number of phosphoric acid groups is 1. The Hall–Kier alpha value is -3.33. The monoisotopic (exact) mass is 1330 g/mol. The normalized spacial score (nSPS) is 13.6. The van der Waals surface area contributed by atoms with Gasteiger partial charge in [-0.3, -0.25) is 14.2 Å². The predicted molar refractivity (Wildman–Crippen MR) is 406 cm³/mol. The van der Waals surface area contributed by atoms with Crippen LogP contribution >= 0.6 is 7.82 Å². The molecule has 2 atom stereocenters. The second-order valence-electron chi connectivity index (χ2n) is 27.7. The molecule has 2 unspecified atom stereocenters. The fraction of sp³-hybridized carbons (Fsp3) is 0.762. The number of unbranched alkanes of at least 4 members (excludes halogenated alkanes) is 41. The zero-order chi connectivity index (χ0) is 68.3. The van der Waals surface area contributed by atoms with Crippen molar-refractivity contribution in [1.29, 1.82) is 0 Å². The van der Waals surface area contributed by atoms with Crippen LogP contribution < -0.4 is 4.89 Å². The Morgan fingerprint density at radius 3 is 0.904 bits per heavy atom. The molecule has 0 saturated carbocycles. The molecule has 0 spiro atoms. The van der Waals surface area contributed by atoms with Crippen LogP contribution in [0.1, 0.15) is 361 Å².